The Bertz CT molecular complexity index is 1330. The number of aliphatic hydroxyl groups excluding tert-OH is 1. The second kappa shape index (κ2) is 12.5. The minimum absolute atomic E-state index is 0.0978. The van der Waals surface area contributed by atoms with Gasteiger partial charge in [-0.15, -0.1) is 0 Å². The molecule has 0 heterocycles. The van der Waals surface area contributed by atoms with Crippen LogP contribution in [0, 0.1) is 5.92 Å². The minimum Gasteiger partial charge on any atom is -0.493 e. The lowest BCUT2D eigenvalue weighted by atomic mass is 10.0. The molecular weight excluding hydrogens is 502 g/mol. The highest BCUT2D eigenvalue weighted by Gasteiger charge is 2.43. The molecule has 202 valence electrons. The number of hydrogen-bond acceptors (Lipinski definition) is 6. The van der Waals surface area contributed by atoms with Gasteiger partial charge in [0.05, 0.1) is 23.7 Å². The van der Waals surface area contributed by atoms with E-state index in [2.05, 4.69) is 4.72 Å². The Balaban J connectivity index is 1.27. The first-order valence-corrected chi connectivity index (χ1v) is 14.5. The number of rotatable bonds is 13. The van der Waals surface area contributed by atoms with Crippen molar-refractivity contribution < 1.29 is 27.8 Å². The Morgan fingerprint density at radius 2 is 1.76 bits per heavy atom. The molecule has 4 rings (SSSR count). The Kier molecular flexibility index (Phi) is 9.07. The van der Waals surface area contributed by atoms with Gasteiger partial charge in [-0.3, -0.25) is 9.52 Å². The van der Waals surface area contributed by atoms with Crippen molar-refractivity contribution >= 4 is 21.7 Å². The van der Waals surface area contributed by atoms with Gasteiger partial charge in [0, 0.05) is 18.5 Å². The number of nitrogens with one attached hydrogen (secondary N) is 1. The zero-order valence-electron chi connectivity index (χ0n) is 21.7. The van der Waals surface area contributed by atoms with Gasteiger partial charge in [-0.05, 0) is 80.0 Å². The number of carbonyl (C=O) groups is 1. The maximum atomic E-state index is 12.7. The van der Waals surface area contributed by atoms with E-state index in [0.717, 1.165) is 17.5 Å². The van der Waals surface area contributed by atoms with Crippen molar-refractivity contribution in [1.82, 2.24) is 0 Å². The first kappa shape index (κ1) is 27.7. The second-order valence-corrected chi connectivity index (χ2v) is 11.6. The molecule has 2 unspecified atom stereocenters. The zero-order valence-corrected chi connectivity index (χ0v) is 22.6. The third-order valence-electron chi connectivity index (χ3n) is 6.56. The first-order valence-electron chi connectivity index (χ1n) is 13.0. The van der Waals surface area contributed by atoms with Crippen molar-refractivity contribution in [3.8, 4) is 5.75 Å². The summed E-state index contributed by atoms with van der Waals surface area (Å²) in [6, 6.07) is 23.2. The molecule has 0 aliphatic heterocycles. The molecule has 0 aromatic heterocycles. The molecule has 3 aromatic carbocycles. The molecule has 0 bridgehead atoms. The SMILES string of the molecule is CC(C)OC(=O)CCc1ccccc1OCC[C@@H](O)C1CC1c1cccc(NS(=O)(=O)c2ccccc2)c1. The van der Waals surface area contributed by atoms with E-state index >= 15 is 0 Å². The number of carbonyl (C=O) groups excluding carboxylic acids is 1. The topological polar surface area (TPSA) is 102 Å². The first-order chi connectivity index (χ1) is 18.2. The lowest BCUT2D eigenvalue weighted by molar-refractivity contribution is -0.147. The summed E-state index contributed by atoms with van der Waals surface area (Å²) in [5.74, 6) is 0.746. The Hall–Kier alpha value is -3.36. The van der Waals surface area contributed by atoms with E-state index in [4.69, 9.17) is 9.47 Å². The molecule has 0 amide bonds. The van der Waals surface area contributed by atoms with Crippen LogP contribution in [0.1, 0.15) is 50.2 Å². The van der Waals surface area contributed by atoms with Crippen LogP contribution in [-0.4, -0.2) is 38.3 Å². The normalized spacial score (nSPS) is 17.6. The fourth-order valence-corrected chi connectivity index (χ4v) is 5.65. The summed E-state index contributed by atoms with van der Waals surface area (Å²) in [7, 11) is -3.66. The quantitative estimate of drug-likeness (QED) is 0.287. The number of benzene rings is 3. The molecule has 1 saturated carbocycles. The Morgan fingerprint density at radius 1 is 1.03 bits per heavy atom. The highest BCUT2D eigenvalue weighted by atomic mass is 32.2. The summed E-state index contributed by atoms with van der Waals surface area (Å²) in [6.45, 7) is 4.01. The summed E-state index contributed by atoms with van der Waals surface area (Å²) < 4.78 is 39.1. The molecule has 3 atom stereocenters. The fourth-order valence-electron chi connectivity index (χ4n) is 4.58. The number of esters is 1. The lowest BCUT2D eigenvalue weighted by Crippen LogP contribution is -2.16. The van der Waals surface area contributed by atoms with Gasteiger partial charge in [0.2, 0.25) is 0 Å². The van der Waals surface area contributed by atoms with Crippen LogP contribution < -0.4 is 9.46 Å². The lowest BCUT2D eigenvalue weighted by Gasteiger charge is -2.15. The summed E-state index contributed by atoms with van der Waals surface area (Å²) in [5.41, 5.74) is 2.44. The van der Waals surface area contributed by atoms with Gasteiger partial charge < -0.3 is 14.6 Å². The van der Waals surface area contributed by atoms with Gasteiger partial charge in [0.15, 0.2) is 0 Å². The maximum Gasteiger partial charge on any atom is 0.306 e. The standard InChI is InChI=1S/C30H35NO6S/c1-21(2)37-30(33)16-15-22-9-6-7-14-29(22)36-18-17-28(32)27-20-26(27)23-10-8-11-24(19-23)31-38(34,35)25-12-4-3-5-13-25/h3-14,19,21,26-28,31-32H,15-18,20H2,1-2H3/t26?,27?,28-/m1/s1. The number of sulfonamides is 1. The van der Waals surface area contributed by atoms with Crippen LogP contribution in [0.25, 0.3) is 0 Å². The summed E-state index contributed by atoms with van der Waals surface area (Å²) in [6.07, 6.45) is 1.46. The van der Waals surface area contributed by atoms with Gasteiger partial charge in [-0.2, -0.15) is 0 Å². The van der Waals surface area contributed by atoms with E-state index in [1.807, 2.05) is 56.3 Å². The molecule has 1 aliphatic rings. The van der Waals surface area contributed by atoms with Gasteiger partial charge in [-0.25, -0.2) is 8.42 Å². The number of hydrogen-bond donors (Lipinski definition) is 2. The second-order valence-electron chi connectivity index (χ2n) is 9.90. The zero-order chi connectivity index (χ0) is 27.1. The molecular formula is C30H35NO6S. The molecule has 3 aromatic rings. The van der Waals surface area contributed by atoms with E-state index in [9.17, 15) is 18.3 Å². The van der Waals surface area contributed by atoms with E-state index in [-0.39, 0.29) is 35.2 Å². The number of ether oxygens (including phenoxy) is 2. The van der Waals surface area contributed by atoms with Gasteiger partial charge in [-0.1, -0.05) is 48.5 Å². The van der Waals surface area contributed by atoms with Crippen molar-refractivity contribution in [2.45, 2.75) is 62.6 Å². The predicted octanol–water partition coefficient (Wildman–Crippen LogP) is 5.31. The molecule has 0 radical (unpaired) electrons. The molecule has 1 aliphatic carbocycles. The molecule has 0 saturated heterocycles. The molecule has 8 heteroatoms. The van der Waals surface area contributed by atoms with E-state index < -0.39 is 16.1 Å². The van der Waals surface area contributed by atoms with Crippen LogP contribution in [0.4, 0.5) is 5.69 Å². The van der Waals surface area contributed by atoms with Crippen molar-refractivity contribution in [3.05, 3.63) is 90.0 Å². The fraction of sp³-hybridized carbons (Fsp3) is 0.367. The average Bonchev–Trinajstić information content (AvgIpc) is 3.69. The molecule has 1 fully saturated rings. The van der Waals surface area contributed by atoms with Gasteiger partial charge in [0.1, 0.15) is 5.75 Å². The van der Waals surface area contributed by atoms with Gasteiger partial charge >= 0.3 is 5.97 Å². The smallest absolute Gasteiger partial charge is 0.306 e. The highest BCUT2D eigenvalue weighted by Crippen LogP contribution is 2.50. The predicted molar refractivity (Wildman–Crippen MR) is 147 cm³/mol. The number of aryl methyl sites for hydroxylation is 1. The molecule has 0 spiro atoms. The highest BCUT2D eigenvalue weighted by molar-refractivity contribution is 7.92. The monoisotopic (exact) mass is 537 g/mol. The number of anilines is 1. The molecule has 7 nitrogen and oxygen atoms in total. The van der Waals surface area contributed by atoms with Crippen molar-refractivity contribution in [1.29, 1.82) is 0 Å². The van der Waals surface area contributed by atoms with Crippen LogP contribution in [-0.2, 0) is 26.0 Å². The van der Waals surface area contributed by atoms with Crippen LogP contribution in [0.5, 0.6) is 5.75 Å². The number of para-hydroxylation sites is 1. The van der Waals surface area contributed by atoms with Crippen LogP contribution in [0.15, 0.2) is 83.8 Å². The summed E-state index contributed by atoms with van der Waals surface area (Å²) >= 11 is 0. The van der Waals surface area contributed by atoms with E-state index in [1.54, 1.807) is 36.4 Å². The molecule has 38 heavy (non-hydrogen) atoms. The van der Waals surface area contributed by atoms with Crippen molar-refractivity contribution in [2.75, 3.05) is 11.3 Å². The third kappa shape index (κ3) is 7.58. The van der Waals surface area contributed by atoms with Crippen molar-refractivity contribution in [2.24, 2.45) is 5.92 Å². The largest absolute Gasteiger partial charge is 0.493 e. The average molecular weight is 538 g/mol. The Morgan fingerprint density at radius 3 is 2.53 bits per heavy atom. The van der Waals surface area contributed by atoms with Crippen LogP contribution in [0.3, 0.4) is 0 Å². The summed E-state index contributed by atoms with van der Waals surface area (Å²) in [5, 5.41) is 10.8. The maximum absolute atomic E-state index is 12.7. The van der Waals surface area contributed by atoms with Crippen LogP contribution in [0.2, 0.25) is 0 Å². The number of aliphatic hydroxyl groups is 1. The van der Waals surface area contributed by atoms with Crippen LogP contribution >= 0.6 is 0 Å². The van der Waals surface area contributed by atoms with E-state index in [0.29, 0.717) is 30.9 Å². The third-order valence-corrected chi connectivity index (χ3v) is 7.96. The van der Waals surface area contributed by atoms with Crippen molar-refractivity contribution in [3.63, 3.8) is 0 Å². The molecule has 2 N–H and O–H groups in total. The summed E-state index contributed by atoms with van der Waals surface area (Å²) in [4.78, 5) is 12.1. The van der Waals surface area contributed by atoms with Gasteiger partial charge in [0.25, 0.3) is 10.0 Å². The Labute approximate surface area is 224 Å². The minimum atomic E-state index is -3.66. The van der Waals surface area contributed by atoms with E-state index in [1.165, 1.54) is 0 Å².